The average molecular weight is 519 g/mol. The first-order valence-corrected chi connectivity index (χ1v) is 12.2. The summed E-state index contributed by atoms with van der Waals surface area (Å²) >= 11 is 0. The molecule has 0 spiro atoms. The fraction of sp³-hybridized carbons (Fsp3) is 0.375. The van der Waals surface area contributed by atoms with E-state index in [1.54, 1.807) is 6.92 Å². The third-order valence-corrected chi connectivity index (χ3v) is 6.38. The van der Waals surface area contributed by atoms with E-state index in [-0.39, 0.29) is 27.9 Å². The number of rotatable bonds is 16. The van der Waals surface area contributed by atoms with E-state index in [4.69, 9.17) is 0 Å². The van der Waals surface area contributed by atoms with Crippen molar-refractivity contribution in [3.8, 4) is 0 Å². The van der Waals surface area contributed by atoms with Gasteiger partial charge in [-0.05, 0) is 47.8 Å². The Morgan fingerprint density at radius 3 is 1.54 bits per heavy atom. The van der Waals surface area contributed by atoms with E-state index >= 15 is 0 Å². The summed E-state index contributed by atoms with van der Waals surface area (Å²) in [6, 6.07) is 0. The summed E-state index contributed by atoms with van der Waals surface area (Å²) < 4.78 is 62.3. The van der Waals surface area contributed by atoms with Gasteiger partial charge in [0.25, 0.3) is 0 Å². The molecule has 204 valence electrons. The maximum absolute atomic E-state index is 14.9. The monoisotopic (exact) mass is 518 g/mol. The van der Waals surface area contributed by atoms with Crippen molar-refractivity contribution < 1.29 is 22.3 Å². The Morgan fingerprint density at radius 2 is 1.11 bits per heavy atom. The first-order valence-electron chi connectivity index (χ1n) is 12.2. The van der Waals surface area contributed by atoms with Crippen LogP contribution in [0.1, 0.15) is 53.9 Å². The lowest BCUT2D eigenvalue weighted by atomic mass is 9.86. The molecule has 0 radical (unpaired) electrons. The van der Waals surface area contributed by atoms with Gasteiger partial charge in [-0.2, -0.15) is 4.39 Å². The second-order valence-corrected chi connectivity index (χ2v) is 9.75. The molecule has 0 aromatic carbocycles. The van der Waals surface area contributed by atoms with Gasteiger partial charge in [0.1, 0.15) is 5.76 Å². The molecule has 0 bridgehead atoms. The van der Waals surface area contributed by atoms with Gasteiger partial charge in [-0.3, -0.25) is 0 Å². The predicted octanol–water partition coefficient (Wildman–Crippen LogP) is 10.8. The van der Waals surface area contributed by atoms with E-state index in [2.05, 4.69) is 71.9 Å². The lowest BCUT2D eigenvalue weighted by Gasteiger charge is -2.20. The molecule has 0 saturated heterocycles. The van der Waals surface area contributed by atoms with Crippen LogP contribution in [0.4, 0.5) is 17.6 Å². The average Bonchev–Trinajstić information content (AvgIpc) is 2.88. The van der Waals surface area contributed by atoms with Gasteiger partial charge >= 0.3 is 0 Å². The molecule has 0 aromatic heterocycles. The summed E-state index contributed by atoms with van der Waals surface area (Å²) in [5.41, 5.74) is -0.223. The van der Waals surface area contributed by atoms with Crippen molar-refractivity contribution in [1.29, 1.82) is 0 Å². The van der Waals surface area contributed by atoms with Crippen molar-refractivity contribution >= 4 is 0 Å². The number of methoxy groups -OCH3 is 1. The number of allylic oxidation sites excluding steroid dienone is 13. The molecule has 37 heavy (non-hydrogen) atoms. The maximum atomic E-state index is 14.9. The van der Waals surface area contributed by atoms with Gasteiger partial charge in [-0.15, -0.1) is 0 Å². The normalized spacial score (nSPS) is 15.1. The van der Waals surface area contributed by atoms with Gasteiger partial charge in [-0.25, -0.2) is 13.2 Å². The summed E-state index contributed by atoms with van der Waals surface area (Å²) in [5.74, 6) is -3.91. The van der Waals surface area contributed by atoms with Crippen LogP contribution >= 0.6 is 0 Å². The second-order valence-electron chi connectivity index (χ2n) is 9.75. The third-order valence-electron chi connectivity index (χ3n) is 6.38. The molecule has 1 nitrogen and oxygen atoms in total. The molecule has 0 aromatic rings. The van der Waals surface area contributed by atoms with Crippen LogP contribution in [0.3, 0.4) is 0 Å². The topological polar surface area (TPSA) is 9.23 Å². The predicted molar refractivity (Wildman–Crippen MR) is 150 cm³/mol. The molecule has 0 heterocycles. The van der Waals surface area contributed by atoms with Crippen LogP contribution in [-0.2, 0) is 4.74 Å². The highest BCUT2D eigenvalue weighted by Gasteiger charge is 2.18. The minimum Gasteiger partial charge on any atom is -0.494 e. The van der Waals surface area contributed by atoms with E-state index in [1.165, 1.54) is 12.2 Å². The fourth-order valence-electron chi connectivity index (χ4n) is 3.07. The molecular formula is C32H42F4O. The highest BCUT2D eigenvalue weighted by atomic mass is 19.2. The molecule has 5 heteroatoms. The van der Waals surface area contributed by atoms with Crippen LogP contribution in [0.2, 0.25) is 0 Å². The van der Waals surface area contributed by atoms with Gasteiger partial charge in [0.2, 0.25) is 5.83 Å². The first kappa shape index (κ1) is 33.9. The smallest absolute Gasteiger partial charge is 0.200 e. The molecule has 0 amide bonds. The van der Waals surface area contributed by atoms with Gasteiger partial charge in [0.05, 0.1) is 7.11 Å². The molecule has 0 aliphatic heterocycles. The Balaban J connectivity index is 5.40. The van der Waals surface area contributed by atoms with Crippen LogP contribution in [0.15, 0.2) is 120 Å². The Labute approximate surface area is 221 Å². The molecule has 0 aliphatic carbocycles. The quantitative estimate of drug-likeness (QED) is 0.112. The van der Waals surface area contributed by atoms with Crippen molar-refractivity contribution in [1.82, 2.24) is 0 Å². The molecule has 0 N–H and O–H groups in total. The van der Waals surface area contributed by atoms with E-state index in [0.29, 0.717) is 23.3 Å². The van der Waals surface area contributed by atoms with E-state index in [1.807, 2.05) is 6.08 Å². The summed E-state index contributed by atoms with van der Waals surface area (Å²) in [7, 11) is 1.14. The highest BCUT2D eigenvalue weighted by Crippen LogP contribution is 2.32. The number of halogens is 4. The van der Waals surface area contributed by atoms with Gasteiger partial charge in [0.15, 0.2) is 17.5 Å². The van der Waals surface area contributed by atoms with Crippen molar-refractivity contribution in [2.75, 3.05) is 7.11 Å². The van der Waals surface area contributed by atoms with Crippen LogP contribution < -0.4 is 0 Å². The molecule has 0 saturated carbocycles. The zero-order valence-electron chi connectivity index (χ0n) is 23.2. The Bertz CT molecular complexity index is 1050. The Kier molecular flexibility index (Phi) is 14.6. The fourth-order valence-corrected chi connectivity index (χ4v) is 3.07. The largest absolute Gasteiger partial charge is 0.494 e. The summed E-state index contributed by atoms with van der Waals surface area (Å²) in [6.45, 7) is 31.6. The lowest BCUT2D eigenvalue weighted by Crippen LogP contribution is -2.08. The molecular weight excluding hydrogens is 476 g/mol. The van der Waals surface area contributed by atoms with Crippen molar-refractivity contribution in [2.45, 2.75) is 53.9 Å². The standard InChI is InChI=1S/C32H42F4O/c1-19(2)13-14-20(3)21(4)15-16-22(5)25(8)29(33)30(34)26(9)23(6)17-18-24(7)27(10)31(35)32(36)28(11)37-12/h16-21H,6-11,13-15H2,1-5,12H3/b18-17-,22-16+,30-29-,32-31-. The van der Waals surface area contributed by atoms with Gasteiger partial charge in [-0.1, -0.05) is 98.2 Å². The Morgan fingerprint density at radius 1 is 0.676 bits per heavy atom. The van der Waals surface area contributed by atoms with Crippen LogP contribution in [-0.4, -0.2) is 7.11 Å². The number of hydrogen-bond acceptors (Lipinski definition) is 1. The molecule has 0 aliphatic rings. The molecule has 0 fully saturated rings. The maximum Gasteiger partial charge on any atom is 0.200 e. The summed E-state index contributed by atoms with van der Waals surface area (Å²) in [5, 5.41) is 0. The lowest BCUT2D eigenvalue weighted by molar-refractivity contribution is 0.281. The summed E-state index contributed by atoms with van der Waals surface area (Å²) in [4.78, 5) is 0. The van der Waals surface area contributed by atoms with Gasteiger partial charge < -0.3 is 4.74 Å². The zero-order chi connectivity index (χ0) is 29.0. The highest BCUT2D eigenvalue weighted by molar-refractivity contribution is 5.55. The molecule has 2 atom stereocenters. The zero-order valence-corrected chi connectivity index (χ0v) is 23.2. The first-order chi connectivity index (χ1) is 17.1. The van der Waals surface area contributed by atoms with E-state index < -0.39 is 29.1 Å². The van der Waals surface area contributed by atoms with Crippen LogP contribution in [0, 0.1) is 17.8 Å². The SMILES string of the molecule is C=C(/C=C\C(=C)C(=C)/C(F)=C(/F)C(=C)/C(C)=C/CC(C)C(C)CCC(C)C)C(=C)/C(F)=C(/F)C(=C)OC. The van der Waals surface area contributed by atoms with Crippen LogP contribution in [0.25, 0.3) is 0 Å². The number of ether oxygens (including phenoxy) is 1. The third kappa shape index (κ3) is 10.8. The van der Waals surface area contributed by atoms with Crippen molar-refractivity contribution in [3.05, 3.63) is 120 Å². The second kappa shape index (κ2) is 15.9. The van der Waals surface area contributed by atoms with Crippen LogP contribution in [0.5, 0.6) is 0 Å². The van der Waals surface area contributed by atoms with Crippen molar-refractivity contribution in [2.24, 2.45) is 17.8 Å². The summed E-state index contributed by atoms with van der Waals surface area (Å²) in [6.07, 6.45) is 7.36. The minimum atomic E-state index is -1.32. The molecule has 0 rings (SSSR count). The molecule has 2 unspecified atom stereocenters. The minimum absolute atomic E-state index is 0.00907. The number of hydrogen-bond donors (Lipinski definition) is 0. The Hall–Kier alpha value is -3.08. The van der Waals surface area contributed by atoms with Crippen molar-refractivity contribution in [3.63, 3.8) is 0 Å². The van der Waals surface area contributed by atoms with Gasteiger partial charge in [0, 0.05) is 16.7 Å². The van der Waals surface area contributed by atoms with E-state index in [9.17, 15) is 17.6 Å². The van der Waals surface area contributed by atoms with E-state index in [0.717, 1.165) is 26.4 Å².